The number of aliphatic hydroxyl groups is 1. The van der Waals surface area contributed by atoms with E-state index < -0.39 is 0 Å². The highest BCUT2D eigenvalue weighted by Crippen LogP contribution is 2.07. The van der Waals surface area contributed by atoms with Gasteiger partial charge < -0.3 is 10.4 Å². The van der Waals surface area contributed by atoms with Crippen molar-refractivity contribution in [3.05, 3.63) is 0 Å². The Labute approximate surface area is 68.4 Å². The van der Waals surface area contributed by atoms with E-state index in [1.165, 1.54) is 0 Å². The number of aliphatic hydroxyl groups excluding tert-OH is 1. The standard InChI is InChI=1S/C8H18N2O/c1-7-5-9-6-8(2)10(7)3-4-11/h7-9,11H,3-6H2,1-2H3/t7-,8-/m1/s1. The van der Waals surface area contributed by atoms with E-state index in [0.29, 0.717) is 12.1 Å². The fraction of sp³-hybridized carbons (Fsp3) is 1.00. The second-order valence-corrected chi connectivity index (χ2v) is 3.32. The Morgan fingerprint density at radius 1 is 1.36 bits per heavy atom. The lowest BCUT2D eigenvalue weighted by atomic mass is 10.1. The first-order valence-corrected chi connectivity index (χ1v) is 4.33. The van der Waals surface area contributed by atoms with E-state index >= 15 is 0 Å². The average Bonchev–Trinajstić information content (AvgIpc) is 1.97. The Hall–Kier alpha value is -0.120. The lowest BCUT2D eigenvalue weighted by Crippen LogP contribution is -2.55. The van der Waals surface area contributed by atoms with Crippen LogP contribution in [0.5, 0.6) is 0 Å². The largest absolute Gasteiger partial charge is 0.395 e. The van der Waals surface area contributed by atoms with Gasteiger partial charge >= 0.3 is 0 Å². The lowest BCUT2D eigenvalue weighted by molar-refractivity contribution is 0.0914. The molecule has 3 heteroatoms. The minimum absolute atomic E-state index is 0.272. The van der Waals surface area contributed by atoms with E-state index in [4.69, 9.17) is 5.11 Å². The molecule has 0 unspecified atom stereocenters. The molecule has 0 aromatic carbocycles. The molecule has 1 aliphatic heterocycles. The van der Waals surface area contributed by atoms with Crippen LogP contribution in [0, 0.1) is 0 Å². The van der Waals surface area contributed by atoms with E-state index in [9.17, 15) is 0 Å². The third-order valence-electron chi connectivity index (χ3n) is 2.37. The second kappa shape index (κ2) is 4.04. The maximum absolute atomic E-state index is 8.79. The van der Waals surface area contributed by atoms with Gasteiger partial charge in [0.2, 0.25) is 0 Å². The van der Waals surface area contributed by atoms with Crippen molar-refractivity contribution in [2.24, 2.45) is 0 Å². The minimum atomic E-state index is 0.272. The summed E-state index contributed by atoms with van der Waals surface area (Å²) in [5, 5.41) is 12.1. The molecule has 0 aromatic rings. The number of nitrogens with one attached hydrogen (secondary N) is 1. The first kappa shape index (κ1) is 8.97. The van der Waals surface area contributed by atoms with Crippen LogP contribution in [0.25, 0.3) is 0 Å². The Balaban J connectivity index is 2.41. The molecule has 0 saturated carbocycles. The summed E-state index contributed by atoms with van der Waals surface area (Å²) in [7, 11) is 0. The minimum Gasteiger partial charge on any atom is -0.395 e. The summed E-state index contributed by atoms with van der Waals surface area (Å²) in [5.41, 5.74) is 0. The molecule has 0 bridgehead atoms. The smallest absolute Gasteiger partial charge is 0.0558 e. The molecule has 1 heterocycles. The van der Waals surface area contributed by atoms with Crippen molar-refractivity contribution in [3.63, 3.8) is 0 Å². The topological polar surface area (TPSA) is 35.5 Å². The monoisotopic (exact) mass is 158 g/mol. The van der Waals surface area contributed by atoms with Gasteiger partial charge in [-0.15, -0.1) is 0 Å². The molecule has 0 radical (unpaired) electrons. The van der Waals surface area contributed by atoms with E-state index in [1.54, 1.807) is 0 Å². The maximum Gasteiger partial charge on any atom is 0.0558 e. The Kier molecular flexibility index (Phi) is 3.30. The molecule has 0 spiro atoms. The van der Waals surface area contributed by atoms with E-state index in [2.05, 4.69) is 24.1 Å². The SMILES string of the molecule is C[C@@H]1CNC[C@@H](C)N1CCO. The zero-order valence-corrected chi connectivity index (χ0v) is 7.38. The fourth-order valence-corrected chi connectivity index (χ4v) is 1.73. The Morgan fingerprint density at radius 2 is 1.91 bits per heavy atom. The van der Waals surface area contributed by atoms with Gasteiger partial charge in [-0.25, -0.2) is 0 Å². The molecule has 1 rings (SSSR count). The van der Waals surface area contributed by atoms with Gasteiger partial charge in [-0.05, 0) is 13.8 Å². The number of piperazine rings is 1. The number of hydrogen-bond donors (Lipinski definition) is 2. The van der Waals surface area contributed by atoms with Gasteiger partial charge in [0.25, 0.3) is 0 Å². The molecule has 0 amide bonds. The van der Waals surface area contributed by atoms with Crippen LogP contribution < -0.4 is 5.32 Å². The molecule has 1 saturated heterocycles. The highest BCUT2D eigenvalue weighted by molar-refractivity contribution is 4.81. The summed E-state index contributed by atoms with van der Waals surface area (Å²) in [6.45, 7) is 7.56. The molecule has 1 fully saturated rings. The zero-order valence-electron chi connectivity index (χ0n) is 7.38. The molecule has 0 aromatic heterocycles. The van der Waals surface area contributed by atoms with Gasteiger partial charge in [0, 0.05) is 31.7 Å². The Morgan fingerprint density at radius 3 is 2.36 bits per heavy atom. The van der Waals surface area contributed by atoms with Crippen molar-refractivity contribution in [1.82, 2.24) is 10.2 Å². The van der Waals surface area contributed by atoms with Crippen LogP contribution in [0.2, 0.25) is 0 Å². The predicted octanol–water partition coefficient (Wildman–Crippen LogP) is -0.339. The number of nitrogens with zero attached hydrogens (tertiary/aromatic N) is 1. The number of β-amino-alcohol motifs (C(OH)–C–C–N with tert-alkyl or cyclic N) is 1. The van der Waals surface area contributed by atoms with Crippen molar-refractivity contribution in [2.75, 3.05) is 26.2 Å². The molecule has 2 atom stereocenters. The third kappa shape index (κ3) is 2.15. The highest BCUT2D eigenvalue weighted by Gasteiger charge is 2.22. The van der Waals surface area contributed by atoms with Crippen LogP contribution in [-0.4, -0.2) is 48.3 Å². The van der Waals surface area contributed by atoms with Crippen molar-refractivity contribution >= 4 is 0 Å². The van der Waals surface area contributed by atoms with Gasteiger partial charge in [-0.1, -0.05) is 0 Å². The Bertz CT molecular complexity index is 109. The summed E-state index contributed by atoms with van der Waals surface area (Å²) in [6.07, 6.45) is 0. The van der Waals surface area contributed by atoms with Crippen LogP contribution in [0.3, 0.4) is 0 Å². The summed E-state index contributed by atoms with van der Waals surface area (Å²) in [5.74, 6) is 0. The lowest BCUT2D eigenvalue weighted by Gasteiger charge is -2.38. The van der Waals surface area contributed by atoms with Gasteiger partial charge in [-0.2, -0.15) is 0 Å². The molecule has 2 N–H and O–H groups in total. The van der Waals surface area contributed by atoms with Gasteiger partial charge in [-0.3, -0.25) is 4.90 Å². The van der Waals surface area contributed by atoms with Gasteiger partial charge in [0.05, 0.1) is 6.61 Å². The molecule has 3 nitrogen and oxygen atoms in total. The summed E-state index contributed by atoms with van der Waals surface area (Å²) in [4.78, 5) is 2.34. The molecule has 0 aliphatic carbocycles. The van der Waals surface area contributed by atoms with Crippen LogP contribution >= 0.6 is 0 Å². The quantitative estimate of drug-likeness (QED) is 0.577. The average molecular weight is 158 g/mol. The first-order chi connectivity index (χ1) is 5.25. The molecule has 1 aliphatic rings. The van der Waals surface area contributed by atoms with Crippen molar-refractivity contribution in [1.29, 1.82) is 0 Å². The third-order valence-corrected chi connectivity index (χ3v) is 2.37. The summed E-state index contributed by atoms with van der Waals surface area (Å²) in [6, 6.07) is 1.12. The second-order valence-electron chi connectivity index (χ2n) is 3.32. The first-order valence-electron chi connectivity index (χ1n) is 4.33. The van der Waals surface area contributed by atoms with Crippen molar-refractivity contribution in [3.8, 4) is 0 Å². The molecule has 66 valence electrons. The predicted molar refractivity (Wildman–Crippen MR) is 45.6 cm³/mol. The van der Waals surface area contributed by atoms with E-state index in [-0.39, 0.29) is 6.61 Å². The molecular weight excluding hydrogens is 140 g/mol. The zero-order chi connectivity index (χ0) is 8.27. The van der Waals surface area contributed by atoms with Gasteiger partial charge in [0.1, 0.15) is 0 Å². The van der Waals surface area contributed by atoms with Crippen LogP contribution in [-0.2, 0) is 0 Å². The maximum atomic E-state index is 8.79. The highest BCUT2D eigenvalue weighted by atomic mass is 16.3. The van der Waals surface area contributed by atoms with Crippen LogP contribution in [0.4, 0.5) is 0 Å². The summed E-state index contributed by atoms with van der Waals surface area (Å²) >= 11 is 0. The van der Waals surface area contributed by atoms with Crippen LogP contribution in [0.1, 0.15) is 13.8 Å². The molecule has 11 heavy (non-hydrogen) atoms. The van der Waals surface area contributed by atoms with Crippen molar-refractivity contribution < 1.29 is 5.11 Å². The number of rotatable bonds is 2. The van der Waals surface area contributed by atoms with E-state index in [0.717, 1.165) is 19.6 Å². The van der Waals surface area contributed by atoms with E-state index in [1.807, 2.05) is 0 Å². The number of hydrogen-bond acceptors (Lipinski definition) is 3. The van der Waals surface area contributed by atoms with Gasteiger partial charge in [0.15, 0.2) is 0 Å². The van der Waals surface area contributed by atoms with Crippen LogP contribution in [0.15, 0.2) is 0 Å². The normalized spacial score (nSPS) is 34.1. The summed E-state index contributed by atoms with van der Waals surface area (Å²) < 4.78 is 0. The molecular formula is C8H18N2O. The fourth-order valence-electron chi connectivity index (χ4n) is 1.73. The van der Waals surface area contributed by atoms with Crippen molar-refractivity contribution in [2.45, 2.75) is 25.9 Å².